The quantitative estimate of drug-likeness (QED) is 0.452. The lowest BCUT2D eigenvalue weighted by atomic mass is 10.1. The Bertz CT molecular complexity index is 1170. The van der Waals surface area contributed by atoms with Gasteiger partial charge in [0, 0.05) is 44.3 Å². The van der Waals surface area contributed by atoms with Crippen LogP contribution in [0.25, 0.3) is 0 Å². The predicted octanol–water partition coefficient (Wildman–Crippen LogP) is 3.69. The molecule has 4 rings (SSSR count). The highest BCUT2D eigenvalue weighted by Crippen LogP contribution is 2.31. The van der Waals surface area contributed by atoms with E-state index in [0.29, 0.717) is 48.1 Å². The van der Waals surface area contributed by atoms with Crippen LogP contribution in [0.15, 0.2) is 36.4 Å². The third-order valence-corrected chi connectivity index (χ3v) is 6.74. The highest BCUT2D eigenvalue weighted by molar-refractivity contribution is 6.31. The number of piperazine rings is 1. The Labute approximate surface area is 222 Å². The van der Waals surface area contributed by atoms with Crippen molar-refractivity contribution >= 4 is 34.9 Å². The number of likely N-dealkylation sites (tertiary alicyclic amines) is 1. The molecule has 2 aromatic rings. The van der Waals surface area contributed by atoms with Gasteiger partial charge in [0.2, 0.25) is 0 Å². The molecule has 0 atom stereocenters. The molecule has 0 aromatic heterocycles. The van der Waals surface area contributed by atoms with Gasteiger partial charge in [-0.1, -0.05) is 17.7 Å². The molecule has 2 aromatic carbocycles. The summed E-state index contributed by atoms with van der Waals surface area (Å²) in [6.07, 6.45) is -5.60. The van der Waals surface area contributed by atoms with E-state index in [4.69, 9.17) is 11.6 Å². The van der Waals surface area contributed by atoms with E-state index < -0.39 is 30.4 Å². The van der Waals surface area contributed by atoms with E-state index in [2.05, 4.69) is 10.6 Å². The van der Waals surface area contributed by atoms with Crippen molar-refractivity contribution in [1.82, 2.24) is 15.1 Å². The Balaban J connectivity index is 1.37. The molecule has 2 saturated heterocycles. The van der Waals surface area contributed by atoms with E-state index >= 15 is 0 Å². The first-order chi connectivity index (χ1) is 18.0. The van der Waals surface area contributed by atoms with Crippen molar-refractivity contribution in [1.29, 1.82) is 0 Å². The molecule has 0 saturated carbocycles. The Morgan fingerprint density at radius 1 is 1.05 bits per heavy atom. The summed E-state index contributed by atoms with van der Waals surface area (Å²) in [5.74, 6) is -1.44. The lowest BCUT2D eigenvalue weighted by Crippen LogP contribution is -2.56. The molecular formula is C25H28ClF4N5O3. The van der Waals surface area contributed by atoms with Crippen LogP contribution in [0.1, 0.15) is 22.3 Å². The zero-order valence-corrected chi connectivity index (χ0v) is 21.2. The molecule has 0 bridgehead atoms. The van der Waals surface area contributed by atoms with Crippen LogP contribution in [0.5, 0.6) is 0 Å². The molecule has 2 fully saturated rings. The Morgan fingerprint density at radius 2 is 1.76 bits per heavy atom. The van der Waals surface area contributed by atoms with Gasteiger partial charge in [-0.2, -0.15) is 13.2 Å². The topological polar surface area (TPSA) is 88.2 Å². The van der Waals surface area contributed by atoms with Crippen LogP contribution in [0.3, 0.4) is 0 Å². The number of amides is 3. The summed E-state index contributed by atoms with van der Waals surface area (Å²) in [5, 5.41) is 15.0. The second-order valence-electron chi connectivity index (χ2n) is 9.34. The molecule has 0 radical (unpaired) electrons. The van der Waals surface area contributed by atoms with Crippen molar-refractivity contribution in [3.8, 4) is 0 Å². The van der Waals surface area contributed by atoms with Crippen molar-refractivity contribution < 1.29 is 32.3 Å². The minimum atomic E-state index is -4.21. The number of halogens is 5. The van der Waals surface area contributed by atoms with Gasteiger partial charge in [0.25, 0.3) is 5.91 Å². The van der Waals surface area contributed by atoms with Gasteiger partial charge in [0.1, 0.15) is 5.82 Å². The third kappa shape index (κ3) is 7.27. The first-order valence-electron chi connectivity index (χ1n) is 12.1. The summed E-state index contributed by atoms with van der Waals surface area (Å²) < 4.78 is 52.4. The summed E-state index contributed by atoms with van der Waals surface area (Å²) in [4.78, 5) is 30.0. The minimum Gasteiger partial charge on any atom is -0.389 e. The number of nitrogens with one attached hydrogen (secondary N) is 2. The summed E-state index contributed by atoms with van der Waals surface area (Å²) in [6.45, 7) is 2.19. The number of urea groups is 1. The van der Waals surface area contributed by atoms with Crippen LogP contribution in [-0.4, -0.2) is 84.9 Å². The van der Waals surface area contributed by atoms with E-state index in [9.17, 15) is 32.3 Å². The summed E-state index contributed by atoms with van der Waals surface area (Å²) in [7, 11) is 0. The fourth-order valence-electron chi connectivity index (χ4n) is 4.32. The number of nitrogens with zero attached hydrogens (tertiary/aromatic N) is 3. The highest BCUT2D eigenvalue weighted by Gasteiger charge is 2.30. The first-order valence-corrected chi connectivity index (χ1v) is 12.5. The fourth-order valence-corrected chi connectivity index (χ4v) is 4.49. The molecule has 2 heterocycles. The first kappa shape index (κ1) is 27.9. The normalized spacial score (nSPS) is 16.8. The number of aliphatic hydroxyl groups is 1. The van der Waals surface area contributed by atoms with E-state index in [-0.39, 0.29) is 37.8 Å². The summed E-state index contributed by atoms with van der Waals surface area (Å²) in [5.41, 5.74) is 1.26. The molecule has 2 aliphatic heterocycles. The molecule has 0 spiro atoms. The Morgan fingerprint density at radius 3 is 2.39 bits per heavy atom. The number of alkyl halides is 3. The Hall–Kier alpha value is -3.09. The second-order valence-corrected chi connectivity index (χ2v) is 9.78. The van der Waals surface area contributed by atoms with Crippen molar-refractivity contribution in [2.75, 3.05) is 56.0 Å². The molecule has 8 nitrogen and oxygen atoms in total. The standard InChI is InChI=1S/C25H28ClF4N5O3/c26-17-2-4-21(22(12-17)34-9-7-33(8-10-34)6-5-25(28,29)30)32-23(37)19-3-1-16(11-20(19)27)13-31-24(38)35-14-18(36)15-35/h1-4,11-12,18,36H,5-10,13-15H2,(H,31,38)(H,32,37). The van der Waals surface area contributed by atoms with Gasteiger partial charge >= 0.3 is 12.2 Å². The summed E-state index contributed by atoms with van der Waals surface area (Å²) in [6, 6.07) is 8.50. The maximum Gasteiger partial charge on any atom is 0.390 e. The van der Waals surface area contributed by atoms with Crippen molar-refractivity contribution in [2.45, 2.75) is 25.2 Å². The molecule has 0 unspecified atom stereocenters. The zero-order chi connectivity index (χ0) is 27.4. The van der Waals surface area contributed by atoms with Crippen molar-refractivity contribution in [3.05, 3.63) is 58.4 Å². The summed E-state index contributed by atoms with van der Waals surface area (Å²) >= 11 is 6.17. The molecule has 3 N–H and O–H groups in total. The van der Waals surface area contributed by atoms with Gasteiger partial charge in [0.05, 0.1) is 42.6 Å². The predicted molar refractivity (Wildman–Crippen MR) is 135 cm³/mol. The van der Waals surface area contributed by atoms with Crippen LogP contribution in [0.2, 0.25) is 5.02 Å². The van der Waals surface area contributed by atoms with Gasteiger partial charge in [-0.15, -0.1) is 0 Å². The van der Waals surface area contributed by atoms with Crippen LogP contribution >= 0.6 is 11.6 Å². The lowest BCUT2D eigenvalue weighted by molar-refractivity contribution is -0.138. The van der Waals surface area contributed by atoms with Crippen molar-refractivity contribution in [3.63, 3.8) is 0 Å². The highest BCUT2D eigenvalue weighted by atomic mass is 35.5. The lowest BCUT2D eigenvalue weighted by Gasteiger charge is -2.37. The molecule has 206 valence electrons. The van der Waals surface area contributed by atoms with Gasteiger partial charge in [-0.05, 0) is 35.9 Å². The van der Waals surface area contributed by atoms with Gasteiger partial charge in [-0.3, -0.25) is 9.69 Å². The Kier molecular flexibility index (Phi) is 8.64. The number of carbonyl (C=O) groups excluding carboxylic acids is 2. The average Bonchev–Trinajstić information content (AvgIpc) is 2.85. The maximum atomic E-state index is 14.8. The second kappa shape index (κ2) is 11.7. The number of anilines is 2. The smallest absolute Gasteiger partial charge is 0.389 e. The molecular weight excluding hydrogens is 530 g/mol. The van der Waals surface area contributed by atoms with E-state index in [0.717, 1.165) is 0 Å². The maximum absolute atomic E-state index is 14.8. The van der Waals surface area contributed by atoms with Crippen LogP contribution in [0.4, 0.5) is 33.7 Å². The molecule has 38 heavy (non-hydrogen) atoms. The number of benzene rings is 2. The number of hydrogen-bond acceptors (Lipinski definition) is 5. The molecule has 0 aliphatic carbocycles. The number of aliphatic hydroxyl groups excluding tert-OH is 1. The minimum absolute atomic E-state index is 0.0561. The van der Waals surface area contributed by atoms with Crippen molar-refractivity contribution in [2.24, 2.45) is 0 Å². The molecule has 3 amide bonds. The van der Waals surface area contributed by atoms with Crippen LogP contribution in [0, 0.1) is 5.82 Å². The van der Waals surface area contributed by atoms with Crippen LogP contribution < -0.4 is 15.5 Å². The number of rotatable bonds is 7. The van der Waals surface area contributed by atoms with E-state index in [1.165, 1.54) is 23.1 Å². The number of β-amino-alcohol motifs (C(OH)–C–C–N with tert-alkyl or cyclic N) is 1. The largest absolute Gasteiger partial charge is 0.390 e. The fraction of sp³-hybridized carbons (Fsp3) is 0.440. The van der Waals surface area contributed by atoms with Crippen LogP contribution in [-0.2, 0) is 6.54 Å². The SMILES string of the molecule is O=C(Nc1ccc(Cl)cc1N1CCN(CCC(F)(F)F)CC1)c1ccc(CNC(=O)N2CC(O)C2)cc1F. The zero-order valence-electron chi connectivity index (χ0n) is 20.4. The van der Waals surface area contributed by atoms with Gasteiger partial charge < -0.3 is 25.5 Å². The monoisotopic (exact) mass is 557 g/mol. The van der Waals surface area contributed by atoms with Gasteiger partial charge in [0.15, 0.2) is 0 Å². The van der Waals surface area contributed by atoms with E-state index in [1.807, 2.05) is 4.90 Å². The number of hydrogen-bond donors (Lipinski definition) is 3. The number of carbonyl (C=O) groups is 2. The molecule has 2 aliphatic rings. The van der Waals surface area contributed by atoms with E-state index in [1.54, 1.807) is 23.1 Å². The average molecular weight is 558 g/mol. The van der Waals surface area contributed by atoms with Gasteiger partial charge in [-0.25, -0.2) is 9.18 Å². The third-order valence-electron chi connectivity index (χ3n) is 6.50. The molecule has 13 heteroatoms.